The number of nitrogens with one attached hydrogen (secondary N) is 1. The van der Waals surface area contributed by atoms with Gasteiger partial charge < -0.3 is 5.32 Å². The third-order valence-corrected chi connectivity index (χ3v) is 4.42. The van der Waals surface area contributed by atoms with E-state index >= 15 is 0 Å². The summed E-state index contributed by atoms with van der Waals surface area (Å²) in [7, 11) is 0. The summed E-state index contributed by atoms with van der Waals surface area (Å²) in [5, 5.41) is 5.46. The molecule has 0 aromatic carbocycles. The van der Waals surface area contributed by atoms with Crippen LogP contribution in [-0.2, 0) is 11.2 Å². The molecule has 0 aliphatic rings. The number of pyridine rings is 2. The third-order valence-electron chi connectivity index (χ3n) is 3.63. The molecule has 0 fully saturated rings. The van der Waals surface area contributed by atoms with Gasteiger partial charge >= 0.3 is 0 Å². The summed E-state index contributed by atoms with van der Waals surface area (Å²) in [5.41, 5.74) is 2.09. The maximum absolute atomic E-state index is 12.4. The van der Waals surface area contributed by atoms with Crippen LogP contribution in [0.5, 0.6) is 0 Å². The molecule has 0 saturated heterocycles. The minimum absolute atomic E-state index is 0.182. The molecule has 0 bridgehead atoms. The molecule has 0 spiro atoms. The summed E-state index contributed by atoms with van der Waals surface area (Å²) >= 11 is 1.47. The Balaban J connectivity index is 1.65. The number of hydrogen-bond acceptors (Lipinski definition) is 7. The number of carbonyl (C=O) groups is 1. The van der Waals surface area contributed by atoms with E-state index in [4.69, 9.17) is 0 Å². The molecule has 7 nitrogen and oxygen atoms in total. The zero-order valence-electron chi connectivity index (χ0n) is 14.1. The van der Waals surface area contributed by atoms with Crippen molar-refractivity contribution in [3.8, 4) is 22.2 Å². The molecule has 0 atom stereocenters. The molecule has 1 N–H and O–H groups in total. The van der Waals surface area contributed by atoms with Crippen LogP contribution >= 0.6 is 11.3 Å². The maximum atomic E-state index is 12.4. The molecular weight excluding hydrogens is 360 g/mol. The predicted molar refractivity (Wildman–Crippen MR) is 103 cm³/mol. The van der Waals surface area contributed by atoms with Crippen LogP contribution in [0.3, 0.4) is 0 Å². The SMILES string of the molecule is O=C(Cc1cccnc1)Nc1cc(-c2nccs2)nc(-c2ccccn2)n1. The number of rotatable bonds is 5. The van der Waals surface area contributed by atoms with E-state index in [9.17, 15) is 4.79 Å². The van der Waals surface area contributed by atoms with Crippen molar-refractivity contribution >= 4 is 23.1 Å². The fourth-order valence-corrected chi connectivity index (χ4v) is 3.05. The minimum atomic E-state index is -0.182. The fraction of sp³-hybridized carbons (Fsp3) is 0.0526. The van der Waals surface area contributed by atoms with Gasteiger partial charge in [-0.05, 0) is 23.8 Å². The Labute approximate surface area is 159 Å². The van der Waals surface area contributed by atoms with Crippen molar-refractivity contribution in [3.05, 3.63) is 72.1 Å². The van der Waals surface area contributed by atoms with E-state index < -0.39 is 0 Å². The number of aromatic nitrogens is 5. The largest absolute Gasteiger partial charge is 0.310 e. The maximum Gasteiger partial charge on any atom is 0.230 e. The van der Waals surface area contributed by atoms with Crippen molar-refractivity contribution in [1.82, 2.24) is 24.9 Å². The van der Waals surface area contributed by atoms with Crippen LogP contribution < -0.4 is 5.32 Å². The highest BCUT2D eigenvalue weighted by Gasteiger charge is 2.13. The quantitative estimate of drug-likeness (QED) is 0.576. The molecule has 4 aromatic rings. The predicted octanol–water partition coefficient (Wildman–Crippen LogP) is 3.24. The van der Waals surface area contributed by atoms with Crippen molar-refractivity contribution in [2.45, 2.75) is 6.42 Å². The zero-order chi connectivity index (χ0) is 18.5. The molecule has 4 aromatic heterocycles. The van der Waals surface area contributed by atoms with Crippen molar-refractivity contribution in [2.24, 2.45) is 0 Å². The third kappa shape index (κ3) is 4.18. The van der Waals surface area contributed by atoms with Crippen LogP contribution in [0.2, 0.25) is 0 Å². The Kier molecular flexibility index (Phi) is 4.88. The van der Waals surface area contributed by atoms with Gasteiger partial charge in [0, 0.05) is 36.2 Å². The summed E-state index contributed by atoms with van der Waals surface area (Å²) in [5.74, 6) is 0.656. The van der Waals surface area contributed by atoms with Crippen molar-refractivity contribution < 1.29 is 4.79 Å². The summed E-state index contributed by atoms with van der Waals surface area (Å²) in [4.78, 5) is 34.0. The van der Waals surface area contributed by atoms with Gasteiger partial charge in [-0.2, -0.15) is 0 Å². The van der Waals surface area contributed by atoms with Crippen molar-refractivity contribution in [1.29, 1.82) is 0 Å². The van der Waals surface area contributed by atoms with Gasteiger partial charge in [-0.15, -0.1) is 11.3 Å². The Morgan fingerprint density at radius 2 is 1.96 bits per heavy atom. The number of nitrogens with zero attached hydrogens (tertiary/aromatic N) is 5. The second-order valence-corrected chi connectivity index (χ2v) is 6.50. The first-order chi connectivity index (χ1) is 13.3. The Morgan fingerprint density at radius 1 is 1.00 bits per heavy atom. The van der Waals surface area contributed by atoms with Gasteiger partial charge in [0.2, 0.25) is 5.91 Å². The van der Waals surface area contributed by atoms with Gasteiger partial charge in [0.1, 0.15) is 22.2 Å². The highest BCUT2D eigenvalue weighted by molar-refractivity contribution is 7.13. The minimum Gasteiger partial charge on any atom is -0.310 e. The van der Waals surface area contributed by atoms with E-state index in [-0.39, 0.29) is 12.3 Å². The van der Waals surface area contributed by atoms with Crippen LogP contribution in [0, 0.1) is 0 Å². The molecule has 0 unspecified atom stereocenters. The lowest BCUT2D eigenvalue weighted by Crippen LogP contribution is -2.16. The number of thiazole rings is 1. The topological polar surface area (TPSA) is 93.6 Å². The molecule has 4 heterocycles. The van der Waals surface area contributed by atoms with Gasteiger partial charge in [-0.1, -0.05) is 12.1 Å². The Hall–Kier alpha value is -3.52. The second kappa shape index (κ2) is 7.79. The molecule has 0 radical (unpaired) electrons. The lowest BCUT2D eigenvalue weighted by molar-refractivity contribution is -0.115. The lowest BCUT2D eigenvalue weighted by atomic mass is 10.2. The van der Waals surface area contributed by atoms with E-state index in [1.807, 2.05) is 29.6 Å². The molecule has 8 heteroatoms. The summed E-state index contributed by atoms with van der Waals surface area (Å²) in [6.07, 6.45) is 6.94. The van der Waals surface area contributed by atoms with Crippen molar-refractivity contribution in [2.75, 3.05) is 5.32 Å². The molecule has 1 amide bonds. The van der Waals surface area contributed by atoms with E-state index in [1.54, 1.807) is 36.9 Å². The van der Waals surface area contributed by atoms with Gasteiger partial charge in [-0.3, -0.25) is 14.8 Å². The summed E-state index contributed by atoms with van der Waals surface area (Å²) < 4.78 is 0. The average Bonchev–Trinajstić information content (AvgIpc) is 3.24. The van der Waals surface area contributed by atoms with E-state index in [0.717, 1.165) is 10.6 Å². The molecule has 4 rings (SSSR count). The van der Waals surface area contributed by atoms with Crippen LogP contribution in [0.15, 0.2) is 66.6 Å². The van der Waals surface area contributed by atoms with E-state index in [1.165, 1.54) is 11.3 Å². The van der Waals surface area contributed by atoms with Gasteiger partial charge in [0.15, 0.2) is 5.82 Å². The van der Waals surface area contributed by atoms with Crippen LogP contribution in [0.25, 0.3) is 22.2 Å². The lowest BCUT2D eigenvalue weighted by Gasteiger charge is -2.08. The normalized spacial score (nSPS) is 10.5. The smallest absolute Gasteiger partial charge is 0.230 e. The van der Waals surface area contributed by atoms with E-state index in [2.05, 4.69) is 30.2 Å². The van der Waals surface area contributed by atoms with Gasteiger partial charge in [0.05, 0.1) is 6.42 Å². The number of hydrogen-bond donors (Lipinski definition) is 1. The summed E-state index contributed by atoms with van der Waals surface area (Å²) in [6, 6.07) is 10.9. The molecule has 132 valence electrons. The zero-order valence-corrected chi connectivity index (χ0v) is 14.9. The van der Waals surface area contributed by atoms with Crippen LogP contribution in [0.4, 0.5) is 5.82 Å². The molecular formula is C19H14N6OS. The average molecular weight is 374 g/mol. The van der Waals surface area contributed by atoms with Crippen molar-refractivity contribution in [3.63, 3.8) is 0 Å². The number of anilines is 1. The Morgan fingerprint density at radius 3 is 2.70 bits per heavy atom. The molecule has 0 saturated carbocycles. The number of amides is 1. The molecule has 0 aliphatic heterocycles. The molecule has 0 aliphatic carbocycles. The molecule has 27 heavy (non-hydrogen) atoms. The summed E-state index contributed by atoms with van der Waals surface area (Å²) in [6.45, 7) is 0. The van der Waals surface area contributed by atoms with Crippen LogP contribution in [0.1, 0.15) is 5.56 Å². The van der Waals surface area contributed by atoms with Crippen LogP contribution in [-0.4, -0.2) is 30.8 Å². The number of carbonyl (C=O) groups excluding carboxylic acids is 1. The monoisotopic (exact) mass is 374 g/mol. The van der Waals surface area contributed by atoms with Gasteiger partial charge in [0.25, 0.3) is 0 Å². The Bertz CT molecular complexity index is 1040. The highest BCUT2D eigenvalue weighted by atomic mass is 32.1. The van der Waals surface area contributed by atoms with E-state index in [0.29, 0.717) is 23.0 Å². The fourth-order valence-electron chi connectivity index (χ4n) is 2.46. The first-order valence-electron chi connectivity index (χ1n) is 8.17. The second-order valence-electron chi connectivity index (χ2n) is 5.60. The standard InChI is InChI=1S/C19H14N6OS/c26-17(10-13-4-3-6-20-12-13)24-16-11-15(19-22-8-9-27-19)23-18(25-16)14-5-1-2-7-21-14/h1-9,11-12H,10H2,(H,23,24,25,26). The first kappa shape index (κ1) is 16.9. The highest BCUT2D eigenvalue weighted by Crippen LogP contribution is 2.25. The van der Waals surface area contributed by atoms with Gasteiger partial charge in [-0.25, -0.2) is 15.0 Å². The first-order valence-corrected chi connectivity index (χ1v) is 9.05.